The van der Waals surface area contributed by atoms with Crippen molar-refractivity contribution >= 4 is 12.0 Å². The molecule has 6 nitrogen and oxygen atoms in total. The molecule has 0 radical (unpaired) electrons. The van der Waals surface area contributed by atoms with Crippen LogP contribution in [-0.4, -0.2) is 37.2 Å². The van der Waals surface area contributed by atoms with Crippen LogP contribution >= 0.6 is 0 Å². The van der Waals surface area contributed by atoms with Crippen LogP contribution in [-0.2, 0) is 16.1 Å². The van der Waals surface area contributed by atoms with E-state index < -0.39 is 6.09 Å². The number of amides is 2. The van der Waals surface area contributed by atoms with Crippen LogP contribution in [0.4, 0.5) is 4.79 Å². The molecule has 22 heavy (non-hydrogen) atoms. The highest BCUT2D eigenvalue weighted by atomic mass is 16.5. The van der Waals surface area contributed by atoms with Crippen LogP contribution in [0.5, 0.6) is 0 Å². The normalized spacial score (nSPS) is 21.4. The van der Waals surface area contributed by atoms with Crippen LogP contribution in [0.2, 0.25) is 0 Å². The van der Waals surface area contributed by atoms with Crippen LogP contribution < -0.4 is 16.0 Å². The van der Waals surface area contributed by atoms with Crippen molar-refractivity contribution in [1.29, 1.82) is 0 Å². The lowest BCUT2D eigenvalue weighted by Gasteiger charge is -2.37. The molecule has 1 aliphatic carbocycles. The Morgan fingerprint density at radius 1 is 1.23 bits per heavy atom. The first-order chi connectivity index (χ1) is 10.6. The van der Waals surface area contributed by atoms with Gasteiger partial charge in [-0.15, -0.1) is 0 Å². The predicted molar refractivity (Wildman–Crippen MR) is 83.2 cm³/mol. The molecular formula is C16H23N3O3. The van der Waals surface area contributed by atoms with Gasteiger partial charge < -0.3 is 20.7 Å². The molecule has 1 aliphatic rings. The van der Waals surface area contributed by atoms with Gasteiger partial charge >= 0.3 is 6.09 Å². The third-order valence-electron chi connectivity index (χ3n) is 3.80. The summed E-state index contributed by atoms with van der Waals surface area (Å²) in [6.45, 7) is 2.10. The average Bonchev–Trinajstić information content (AvgIpc) is 2.50. The molecule has 0 saturated heterocycles. The topological polar surface area (TPSA) is 79.5 Å². The van der Waals surface area contributed by atoms with E-state index in [1.807, 2.05) is 37.3 Å². The van der Waals surface area contributed by atoms with Gasteiger partial charge in [0, 0.05) is 19.1 Å². The first-order valence-electron chi connectivity index (χ1n) is 7.53. The first kappa shape index (κ1) is 16.3. The average molecular weight is 305 g/mol. The third kappa shape index (κ3) is 4.73. The Labute approximate surface area is 130 Å². The van der Waals surface area contributed by atoms with Gasteiger partial charge in [0.2, 0.25) is 5.91 Å². The number of nitrogens with one attached hydrogen (secondary N) is 3. The Morgan fingerprint density at radius 3 is 2.55 bits per heavy atom. The summed E-state index contributed by atoms with van der Waals surface area (Å²) in [5.74, 6) is -0.0290. The minimum absolute atomic E-state index is 0.0290. The Hall–Kier alpha value is -2.08. The molecule has 1 unspecified atom stereocenters. The summed E-state index contributed by atoms with van der Waals surface area (Å²) in [4.78, 5) is 23.1. The van der Waals surface area contributed by atoms with E-state index in [0.717, 1.165) is 18.4 Å². The highest BCUT2D eigenvalue weighted by Gasteiger charge is 2.32. The first-order valence-corrected chi connectivity index (χ1v) is 7.53. The Kier molecular flexibility index (Phi) is 5.77. The molecule has 1 fully saturated rings. The number of likely N-dealkylation sites (N-methyl/N-ethyl adjacent to an activating group) is 1. The van der Waals surface area contributed by atoms with Crippen LogP contribution in [0.1, 0.15) is 25.3 Å². The van der Waals surface area contributed by atoms with Gasteiger partial charge in [-0.05, 0) is 25.3 Å². The van der Waals surface area contributed by atoms with Crippen LogP contribution in [0, 0.1) is 0 Å². The van der Waals surface area contributed by atoms with Crippen molar-refractivity contribution in [2.45, 2.75) is 44.5 Å². The fourth-order valence-corrected chi connectivity index (χ4v) is 2.45. The summed E-state index contributed by atoms with van der Waals surface area (Å²) >= 11 is 0. The largest absolute Gasteiger partial charge is 0.445 e. The smallest absolute Gasteiger partial charge is 0.407 e. The van der Waals surface area contributed by atoms with Gasteiger partial charge in [0.15, 0.2) is 0 Å². The summed E-state index contributed by atoms with van der Waals surface area (Å²) < 4.78 is 5.17. The molecule has 0 heterocycles. The van der Waals surface area contributed by atoms with E-state index in [2.05, 4.69) is 16.0 Å². The molecule has 0 aliphatic heterocycles. The van der Waals surface area contributed by atoms with E-state index in [1.54, 1.807) is 7.05 Å². The van der Waals surface area contributed by atoms with Crippen molar-refractivity contribution in [3.63, 3.8) is 0 Å². The maximum Gasteiger partial charge on any atom is 0.407 e. The number of carbonyl (C=O) groups is 2. The third-order valence-corrected chi connectivity index (χ3v) is 3.80. The van der Waals surface area contributed by atoms with E-state index in [-0.39, 0.29) is 30.6 Å². The molecule has 1 atom stereocenters. The summed E-state index contributed by atoms with van der Waals surface area (Å²) in [6.07, 6.45) is 1.22. The SMILES string of the molecule is CNC(=O)C(C)NC1CC(NC(=O)OCc2ccccc2)C1. The number of rotatable bonds is 6. The van der Waals surface area contributed by atoms with Gasteiger partial charge in [-0.3, -0.25) is 4.79 Å². The molecular weight excluding hydrogens is 282 g/mol. The maximum atomic E-state index is 11.7. The highest BCUT2D eigenvalue weighted by Crippen LogP contribution is 2.20. The monoisotopic (exact) mass is 305 g/mol. The molecule has 1 aromatic carbocycles. The Bertz CT molecular complexity index is 501. The second kappa shape index (κ2) is 7.79. The van der Waals surface area contributed by atoms with Gasteiger partial charge in [0.05, 0.1) is 6.04 Å². The molecule has 0 bridgehead atoms. The molecule has 1 aromatic rings. The minimum Gasteiger partial charge on any atom is -0.445 e. The lowest BCUT2D eigenvalue weighted by molar-refractivity contribution is -0.122. The van der Waals surface area contributed by atoms with Crippen molar-refractivity contribution < 1.29 is 14.3 Å². The van der Waals surface area contributed by atoms with Gasteiger partial charge in [0.1, 0.15) is 6.61 Å². The van der Waals surface area contributed by atoms with Crippen LogP contribution in [0.3, 0.4) is 0 Å². The van der Waals surface area contributed by atoms with Crippen molar-refractivity contribution in [2.24, 2.45) is 0 Å². The highest BCUT2D eigenvalue weighted by molar-refractivity contribution is 5.81. The molecule has 0 spiro atoms. The minimum atomic E-state index is -0.397. The number of carbonyl (C=O) groups excluding carboxylic acids is 2. The predicted octanol–water partition coefficient (Wildman–Crippen LogP) is 1.17. The van der Waals surface area contributed by atoms with Crippen LogP contribution in [0.25, 0.3) is 0 Å². The van der Waals surface area contributed by atoms with Crippen molar-refractivity contribution in [1.82, 2.24) is 16.0 Å². The van der Waals surface area contributed by atoms with E-state index in [4.69, 9.17) is 4.74 Å². The molecule has 6 heteroatoms. The number of benzene rings is 1. The fourth-order valence-electron chi connectivity index (χ4n) is 2.45. The Morgan fingerprint density at radius 2 is 1.91 bits per heavy atom. The molecule has 3 N–H and O–H groups in total. The zero-order valence-electron chi connectivity index (χ0n) is 13.0. The summed E-state index contributed by atoms with van der Waals surface area (Å²) in [5, 5.41) is 8.66. The molecule has 2 amide bonds. The lowest BCUT2D eigenvalue weighted by Crippen LogP contribution is -2.56. The van der Waals surface area contributed by atoms with Crippen molar-refractivity contribution in [3.8, 4) is 0 Å². The van der Waals surface area contributed by atoms with E-state index in [1.165, 1.54) is 0 Å². The molecule has 0 aromatic heterocycles. The second-order valence-electron chi connectivity index (χ2n) is 5.57. The van der Waals surface area contributed by atoms with Gasteiger partial charge in [-0.1, -0.05) is 30.3 Å². The van der Waals surface area contributed by atoms with Gasteiger partial charge in [-0.2, -0.15) is 0 Å². The summed E-state index contributed by atoms with van der Waals surface area (Å²) in [7, 11) is 1.62. The zero-order valence-corrected chi connectivity index (χ0v) is 13.0. The van der Waals surface area contributed by atoms with E-state index in [9.17, 15) is 9.59 Å². The number of alkyl carbamates (subject to hydrolysis) is 1. The molecule has 1 saturated carbocycles. The number of hydrogen-bond donors (Lipinski definition) is 3. The van der Waals surface area contributed by atoms with E-state index >= 15 is 0 Å². The maximum absolute atomic E-state index is 11.7. The number of ether oxygens (including phenoxy) is 1. The summed E-state index contributed by atoms with van der Waals surface area (Å²) in [5.41, 5.74) is 0.963. The molecule has 2 rings (SSSR count). The standard InChI is InChI=1S/C16H23N3O3/c1-11(15(20)17-2)18-13-8-14(9-13)19-16(21)22-10-12-6-4-3-5-7-12/h3-7,11,13-14,18H,8-10H2,1-2H3,(H,17,20)(H,19,21). The van der Waals surface area contributed by atoms with Gasteiger partial charge in [-0.25, -0.2) is 4.79 Å². The fraction of sp³-hybridized carbons (Fsp3) is 0.500. The van der Waals surface area contributed by atoms with E-state index in [0.29, 0.717) is 0 Å². The van der Waals surface area contributed by atoms with Crippen molar-refractivity contribution in [3.05, 3.63) is 35.9 Å². The molecule has 120 valence electrons. The zero-order chi connectivity index (χ0) is 15.9. The quantitative estimate of drug-likeness (QED) is 0.737. The van der Waals surface area contributed by atoms with Crippen LogP contribution in [0.15, 0.2) is 30.3 Å². The lowest BCUT2D eigenvalue weighted by atomic mass is 9.86. The number of hydrogen-bond acceptors (Lipinski definition) is 4. The van der Waals surface area contributed by atoms with Gasteiger partial charge in [0.25, 0.3) is 0 Å². The Balaban J connectivity index is 1.61. The second-order valence-corrected chi connectivity index (χ2v) is 5.57. The van der Waals surface area contributed by atoms with Crippen molar-refractivity contribution in [2.75, 3.05) is 7.05 Å². The summed E-state index contributed by atoms with van der Waals surface area (Å²) in [6, 6.07) is 9.71.